The van der Waals surface area contributed by atoms with E-state index >= 15 is 0 Å². The molecule has 0 aliphatic carbocycles. The molecule has 0 radical (unpaired) electrons. The molecule has 2 aromatic rings. The van der Waals surface area contributed by atoms with Crippen molar-refractivity contribution in [2.45, 2.75) is 13.0 Å². The van der Waals surface area contributed by atoms with E-state index in [1.165, 1.54) is 12.1 Å². The van der Waals surface area contributed by atoms with Crippen molar-refractivity contribution < 1.29 is 9.13 Å². The van der Waals surface area contributed by atoms with Crippen LogP contribution in [0.15, 0.2) is 35.0 Å². The Bertz CT molecular complexity index is 499. The molecule has 1 aromatic heterocycles. The van der Waals surface area contributed by atoms with Gasteiger partial charge >= 0.3 is 0 Å². The van der Waals surface area contributed by atoms with Gasteiger partial charge in [0.25, 0.3) is 0 Å². The van der Waals surface area contributed by atoms with Gasteiger partial charge < -0.3 is 10.1 Å². The van der Waals surface area contributed by atoms with Crippen molar-refractivity contribution in [3.05, 3.63) is 52.0 Å². The Hall–Kier alpha value is -1.39. The zero-order valence-electron chi connectivity index (χ0n) is 10.4. The second kappa shape index (κ2) is 5.98. The van der Waals surface area contributed by atoms with Crippen LogP contribution in [0.1, 0.15) is 24.1 Å². The largest absolute Gasteiger partial charge is 0.496 e. The summed E-state index contributed by atoms with van der Waals surface area (Å²) in [6.45, 7) is 2.84. The first kappa shape index (κ1) is 13.1. The van der Waals surface area contributed by atoms with Gasteiger partial charge in [0, 0.05) is 5.56 Å². The zero-order valence-corrected chi connectivity index (χ0v) is 11.3. The summed E-state index contributed by atoms with van der Waals surface area (Å²) >= 11 is 1.63. The van der Waals surface area contributed by atoms with Crippen LogP contribution >= 0.6 is 11.3 Å². The van der Waals surface area contributed by atoms with E-state index in [1.54, 1.807) is 24.5 Å². The normalized spacial score (nSPS) is 12.4. The van der Waals surface area contributed by atoms with Crippen LogP contribution in [0.3, 0.4) is 0 Å². The van der Waals surface area contributed by atoms with E-state index in [2.05, 4.69) is 10.7 Å². The molecule has 1 aromatic carbocycles. The Morgan fingerprint density at radius 1 is 1.39 bits per heavy atom. The molecule has 1 unspecified atom stereocenters. The summed E-state index contributed by atoms with van der Waals surface area (Å²) in [5, 5.41) is 7.45. The number of hydrogen-bond acceptors (Lipinski definition) is 3. The Morgan fingerprint density at radius 2 is 2.22 bits per heavy atom. The average Bonchev–Trinajstić information content (AvgIpc) is 2.89. The minimum Gasteiger partial charge on any atom is -0.496 e. The van der Waals surface area contributed by atoms with E-state index in [1.807, 2.05) is 18.4 Å². The quantitative estimate of drug-likeness (QED) is 0.892. The van der Waals surface area contributed by atoms with Gasteiger partial charge in [0.05, 0.1) is 13.2 Å². The van der Waals surface area contributed by atoms with Crippen LogP contribution in [0.25, 0.3) is 0 Å². The molecule has 0 spiro atoms. The maximum absolute atomic E-state index is 13.4. The van der Waals surface area contributed by atoms with Crippen molar-refractivity contribution in [1.29, 1.82) is 0 Å². The van der Waals surface area contributed by atoms with Crippen molar-refractivity contribution in [2.24, 2.45) is 0 Å². The van der Waals surface area contributed by atoms with Crippen molar-refractivity contribution in [3.8, 4) is 5.75 Å². The van der Waals surface area contributed by atoms with E-state index in [-0.39, 0.29) is 11.9 Å². The Kier molecular flexibility index (Phi) is 4.33. The van der Waals surface area contributed by atoms with Gasteiger partial charge in [-0.05, 0) is 47.1 Å². The summed E-state index contributed by atoms with van der Waals surface area (Å²) in [4.78, 5) is 0. The molecule has 1 heterocycles. The van der Waals surface area contributed by atoms with Crippen LogP contribution in [-0.2, 0) is 0 Å². The lowest BCUT2D eigenvalue weighted by Gasteiger charge is -2.20. The number of ether oxygens (including phenoxy) is 1. The molecule has 1 N–H and O–H groups in total. The molecular formula is C14H16FNOS. The smallest absolute Gasteiger partial charge is 0.124 e. The fraction of sp³-hybridized carbons (Fsp3) is 0.286. The van der Waals surface area contributed by atoms with E-state index in [0.717, 1.165) is 17.7 Å². The summed E-state index contributed by atoms with van der Waals surface area (Å²) in [5.41, 5.74) is 1.96. The molecule has 0 aliphatic rings. The van der Waals surface area contributed by atoms with Gasteiger partial charge in [-0.25, -0.2) is 4.39 Å². The van der Waals surface area contributed by atoms with Crippen LogP contribution in [-0.4, -0.2) is 13.7 Å². The van der Waals surface area contributed by atoms with E-state index in [0.29, 0.717) is 5.75 Å². The molecule has 0 fully saturated rings. The zero-order chi connectivity index (χ0) is 13.0. The molecular weight excluding hydrogens is 249 g/mol. The first-order valence-corrected chi connectivity index (χ1v) is 6.79. The van der Waals surface area contributed by atoms with Gasteiger partial charge in [-0.2, -0.15) is 11.3 Å². The van der Waals surface area contributed by atoms with E-state index < -0.39 is 0 Å². The number of nitrogens with one attached hydrogen (secondary N) is 1. The Labute approximate surface area is 110 Å². The lowest BCUT2D eigenvalue weighted by Crippen LogP contribution is -2.22. The summed E-state index contributed by atoms with van der Waals surface area (Å²) in [5.74, 6) is 0.456. The second-order valence-electron chi connectivity index (χ2n) is 3.93. The highest BCUT2D eigenvalue weighted by molar-refractivity contribution is 7.08. The Balaban J connectivity index is 2.45. The first-order valence-electron chi connectivity index (χ1n) is 5.85. The fourth-order valence-corrected chi connectivity index (χ4v) is 2.67. The van der Waals surface area contributed by atoms with Crippen molar-refractivity contribution in [3.63, 3.8) is 0 Å². The predicted molar refractivity (Wildman–Crippen MR) is 72.8 cm³/mol. The molecule has 4 heteroatoms. The minimum atomic E-state index is -0.246. The molecule has 18 heavy (non-hydrogen) atoms. The maximum atomic E-state index is 13.4. The van der Waals surface area contributed by atoms with Gasteiger partial charge in [0.1, 0.15) is 11.6 Å². The first-order chi connectivity index (χ1) is 8.76. The number of thiophene rings is 1. The third-order valence-corrected chi connectivity index (χ3v) is 3.49. The fourth-order valence-electron chi connectivity index (χ4n) is 1.98. The van der Waals surface area contributed by atoms with Crippen molar-refractivity contribution >= 4 is 11.3 Å². The van der Waals surface area contributed by atoms with E-state index in [4.69, 9.17) is 4.74 Å². The van der Waals surface area contributed by atoms with Gasteiger partial charge in [-0.15, -0.1) is 0 Å². The van der Waals surface area contributed by atoms with Gasteiger partial charge in [0.15, 0.2) is 0 Å². The molecule has 0 saturated carbocycles. The monoisotopic (exact) mass is 265 g/mol. The standard InChI is InChI=1S/C14H16FNOS/c1-3-16-14(10-6-7-18-9-10)12-8-11(15)4-5-13(12)17-2/h4-9,14,16H,3H2,1-2H3. The third kappa shape index (κ3) is 2.71. The second-order valence-corrected chi connectivity index (χ2v) is 4.71. The minimum absolute atomic E-state index is 0.0353. The van der Waals surface area contributed by atoms with Crippen LogP contribution in [0.2, 0.25) is 0 Å². The SMILES string of the molecule is CCNC(c1ccsc1)c1cc(F)ccc1OC. The summed E-state index contributed by atoms with van der Waals surface area (Å²) in [6, 6.07) is 6.62. The summed E-state index contributed by atoms with van der Waals surface area (Å²) in [7, 11) is 1.60. The molecule has 96 valence electrons. The predicted octanol–water partition coefficient (Wildman–Crippen LogP) is 3.59. The number of halogens is 1. The van der Waals surface area contributed by atoms with Gasteiger partial charge in [-0.3, -0.25) is 0 Å². The summed E-state index contributed by atoms with van der Waals surface area (Å²) < 4.78 is 18.8. The molecule has 2 nitrogen and oxygen atoms in total. The lowest BCUT2D eigenvalue weighted by molar-refractivity contribution is 0.403. The number of methoxy groups -OCH3 is 1. The van der Waals surface area contributed by atoms with Crippen LogP contribution in [0, 0.1) is 5.82 Å². The van der Waals surface area contributed by atoms with Crippen molar-refractivity contribution in [1.82, 2.24) is 5.32 Å². The lowest BCUT2D eigenvalue weighted by atomic mass is 10.00. The van der Waals surface area contributed by atoms with Crippen LogP contribution in [0.5, 0.6) is 5.75 Å². The molecule has 0 saturated heterocycles. The molecule has 0 bridgehead atoms. The molecule has 2 rings (SSSR count). The van der Waals surface area contributed by atoms with Crippen LogP contribution in [0.4, 0.5) is 4.39 Å². The third-order valence-electron chi connectivity index (χ3n) is 2.79. The van der Waals surface area contributed by atoms with Gasteiger partial charge in [-0.1, -0.05) is 6.92 Å². The van der Waals surface area contributed by atoms with Crippen LogP contribution < -0.4 is 10.1 Å². The topological polar surface area (TPSA) is 21.3 Å². The highest BCUT2D eigenvalue weighted by atomic mass is 32.1. The number of rotatable bonds is 5. The van der Waals surface area contributed by atoms with Gasteiger partial charge in [0.2, 0.25) is 0 Å². The average molecular weight is 265 g/mol. The highest BCUT2D eigenvalue weighted by Crippen LogP contribution is 2.31. The Morgan fingerprint density at radius 3 is 2.83 bits per heavy atom. The maximum Gasteiger partial charge on any atom is 0.124 e. The number of hydrogen-bond donors (Lipinski definition) is 1. The highest BCUT2D eigenvalue weighted by Gasteiger charge is 2.18. The molecule has 0 amide bonds. The summed E-state index contributed by atoms with van der Waals surface area (Å²) in [6.07, 6.45) is 0. The molecule has 0 aliphatic heterocycles. The van der Waals surface area contributed by atoms with E-state index in [9.17, 15) is 4.39 Å². The van der Waals surface area contributed by atoms with Crippen molar-refractivity contribution in [2.75, 3.05) is 13.7 Å². The molecule has 1 atom stereocenters. The number of benzene rings is 1.